The Labute approximate surface area is 191 Å². The summed E-state index contributed by atoms with van der Waals surface area (Å²) in [6.07, 6.45) is 0. The number of carbonyl (C=O) groups is 1. The second-order valence-corrected chi connectivity index (χ2v) is 8.03. The summed E-state index contributed by atoms with van der Waals surface area (Å²) < 4.78 is 12.8. The van der Waals surface area contributed by atoms with Crippen LogP contribution in [0.3, 0.4) is 0 Å². The normalized spacial score (nSPS) is 10.6. The molecule has 2 N–H and O–H groups in total. The van der Waals surface area contributed by atoms with E-state index in [9.17, 15) is 9.90 Å². The number of anilines is 1. The molecule has 0 amide bonds. The second-order valence-electron chi connectivity index (χ2n) is 7.18. The molecule has 0 aromatic heterocycles. The Morgan fingerprint density at radius 1 is 1.00 bits per heavy atom. The van der Waals surface area contributed by atoms with E-state index in [-0.39, 0.29) is 0 Å². The number of hydrogen-bond donors (Lipinski definition) is 2. The molecule has 0 atom stereocenters. The summed E-state index contributed by atoms with van der Waals surface area (Å²) in [6.45, 7) is 7.28. The van der Waals surface area contributed by atoms with Crippen molar-refractivity contribution in [3.63, 3.8) is 0 Å². The monoisotopic (exact) mass is 483 g/mol. The van der Waals surface area contributed by atoms with E-state index in [1.807, 2.05) is 37.3 Å². The van der Waals surface area contributed by atoms with Crippen molar-refractivity contribution in [2.45, 2.75) is 33.9 Å². The Kier molecular flexibility index (Phi) is 7.58. The topological polar surface area (TPSA) is 67.8 Å². The summed E-state index contributed by atoms with van der Waals surface area (Å²) in [6, 6.07) is 17.2. The van der Waals surface area contributed by atoms with Gasteiger partial charge in [-0.3, -0.25) is 0 Å². The van der Waals surface area contributed by atoms with E-state index in [2.05, 4.69) is 40.3 Å². The number of benzene rings is 3. The highest BCUT2D eigenvalue weighted by Crippen LogP contribution is 2.35. The maximum absolute atomic E-state index is 11.4. The maximum atomic E-state index is 11.4. The molecule has 0 heterocycles. The Balaban J connectivity index is 1.79. The molecule has 5 nitrogen and oxygen atoms in total. The fourth-order valence-corrected chi connectivity index (χ4v) is 3.73. The maximum Gasteiger partial charge on any atom is 0.336 e. The van der Waals surface area contributed by atoms with Gasteiger partial charge in [-0.2, -0.15) is 0 Å². The standard InChI is InChI=1S/C25H26BrNO4/c1-4-30-23-12-19(14-27-22-11-7-10-20(17(22)3)25(28)29)21(26)13-24(23)31-15-18-9-6-5-8-16(18)2/h5-13,27H,4,14-15H2,1-3H3,(H,28,29). The van der Waals surface area contributed by atoms with Crippen LogP contribution in [0.25, 0.3) is 0 Å². The van der Waals surface area contributed by atoms with Crippen LogP contribution in [0.1, 0.15) is 39.5 Å². The Morgan fingerprint density at radius 3 is 2.45 bits per heavy atom. The van der Waals surface area contributed by atoms with Crippen LogP contribution in [0, 0.1) is 13.8 Å². The van der Waals surface area contributed by atoms with Gasteiger partial charge in [0.15, 0.2) is 11.5 Å². The number of halogens is 1. The van der Waals surface area contributed by atoms with Crippen molar-refractivity contribution in [2.75, 3.05) is 11.9 Å². The minimum Gasteiger partial charge on any atom is -0.490 e. The lowest BCUT2D eigenvalue weighted by Crippen LogP contribution is -2.07. The van der Waals surface area contributed by atoms with Crippen LogP contribution in [-0.4, -0.2) is 17.7 Å². The zero-order valence-electron chi connectivity index (χ0n) is 17.9. The van der Waals surface area contributed by atoms with Gasteiger partial charge in [0.2, 0.25) is 0 Å². The molecule has 0 radical (unpaired) electrons. The molecule has 6 heteroatoms. The van der Waals surface area contributed by atoms with E-state index in [0.29, 0.717) is 42.4 Å². The molecule has 3 aromatic carbocycles. The van der Waals surface area contributed by atoms with Gasteiger partial charge in [0.1, 0.15) is 6.61 Å². The predicted octanol–water partition coefficient (Wildman–Crippen LogP) is 6.35. The van der Waals surface area contributed by atoms with Crippen LogP contribution in [0.2, 0.25) is 0 Å². The van der Waals surface area contributed by atoms with E-state index in [0.717, 1.165) is 21.3 Å². The van der Waals surface area contributed by atoms with E-state index >= 15 is 0 Å². The average molecular weight is 484 g/mol. The third-order valence-corrected chi connectivity index (χ3v) is 5.83. The molecule has 3 aromatic rings. The Morgan fingerprint density at radius 2 is 1.74 bits per heavy atom. The van der Waals surface area contributed by atoms with Gasteiger partial charge in [-0.1, -0.05) is 46.3 Å². The number of carboxylic acids is 1. The van der Waals surface area contributed by atoms with Crippen LogP contribution in [0.5, 0.6) is 11.5 Å². The third-order valence-electron chi connectivity index (χ3n) is 5.09. The van der Waals surface area contributed by atoms with Crippen LogP contribution in [0.4, 0.5) is 5.69 Å². The van der Waals surface area contributed by atoms with Crippen molar-refractivity contribution < 1.29 is 19.4 Å². The molecule has 0 bridgehead atoms. The SMILES string of the molecule is CCOc1cc(CNc2cccc(C(=O)O)c2C)c(Br)cc1OCc1ccccc1C. The van der Waals surface area contributed by atoms with Crippen molar-refractivity contribution in [2.24, 2.45) is 0 Å². The zero-order valence-corrected chi connectivity index (χ0v) is 19.5. The first-order valence-electron chi connectivity index (χ1n) is 10.1. The number of nitrogens with one attached hydrogen (secondary N) is 1. The lowest BCUT2D eigenvalue weighted by atomic mass is 10.1. The minimum absolute atomic E-state index is 0.291. The first-order chi connectivity index (χ1) is 14.9. The molecule has 0 aliphatic carbocycles. The number of rotatable bonds is 9. The summed E-state index contributed by atoms with van der Waals surface area (Å²) in [4.78, 5) is 11.4. The highest BCUT2D eigenvalue weighted by Gasteiger charge is 2.14. The average Bonchev–Trinajstić information content (AvgIpc) is 2.74. The Bertz CT molecular complexity index is 1080. The lowest BCUT2D eigenvalue weighted by molar-refractivity contribution is 0.0696. The number of aromatic carboxylic acids is 1. The summed E-state index contributed by atoms with van der Waals surface area (Å²) in [7, 11) is 0. The van der Waals surface area contributed by atoms with Crippen LogP contribution >= 0.6 is 15.9 Å². The van der Waals surface area contributed by atoms with Gasteiger partial charge < -0.3 is 19.9 Å². The minimum atomic E-state index is -0.934. The van der Waals surface area contributed by atoms with Gasteiger partial charge >= 0.3 is 5.97 Å². The number of carboxylic acid groups (broad SMARTS) is 1. The molecular formula is C25H26BrNO4. The molecule has 0 saturated carbocycles. The fraction of sp³-hybridized carbons (Fsp3) is 0.240. The Hall–Kier alpha value is -2.99. The van der Waals surface area contributed by atoms with E-state index in [1.54, 1.807) is 19.1 Å². The third kappa shape index (κ3) is 5.58. The van der Waals surface area contributed by atoms with Gasteiger partial charge in [0.25, 0.3) is 0 Å². The van der Waals surface area contributed by atoms with Crippen LogP contribution in [-0.2, 0) is 13.2 Å². The van der Waals surface area contributed by atoms with Crippen molar-refractivity contribution in [1.29, 1.82) is 0 Å². The zero-order chi connectivity index (χ0) is 22.4. The van der Waals surface area contributed by atoms with Gasteiger partial charge in [-0.25, -0.2) is 4.79 Å². The molecule has 0 saturated heterocycles. The number of ether oxygens (including phenoxy) is 2. The number of hydrogen-bond acceptors (Lipinski definition) is 4. The first-order valence-corrected chi connectivity index (χ1v) is 10.9. The molecule has 0 aliphatic rings. The number of aryl methyl sites for hydroxylation is 1. The van der Waals surface area contributed by atoms with E-state index in [4.69, 9.17) is 9.47 Å². The molecule has 162 valence electrons. The molecule has 0 spiro atoms. The van der Waals surface area contributed by atoms with E-state index in [1.165, 1.54) is 5.56 Å². The summed E-state index contributed by atoms with van der Waals surface area (Å²) in [5.41, 5.74) is 5.06. The molecule has 0 aliphatic heterocycles. The van der Waals surface area contributed by atoms with Crippen molar-refractivity contribution in [1.82, 2.24) is 0 Å². The summed E-state index contributed by atoms with van der Waals surface area (Å²) >= 11 is 3.63. The largest absolute Gasteiger partial charge is 0.490 e. The molecule has 3 rings (SSSR count). The highest BCUT2D eigenvalue weighted by atomic mass is 79.9. The van der Waals surface area contributed by atoms with Gasteiger partial charge in [-0.05, 0) is 67.3 Å². The van der Waals surface area contributed by atoms with Gasteiger partial charge in [0, 0.05) is 16.7 Å². The fourth-order valence-electron chi connectivity index (χ4n) is 3.27. The first kappa shape index (κ1) is 22.7. The second kappa shape index (κ2) is 10.4. The predicted molar refractivity (Wildman–Crippen MR) is 126 cm³/mol. The molecular weight excluding hydrogens is 458 g/mol. The quantitative estimate of drug-likeness (QED) is 0.370. The molecule has 0 fully saturated rings. The molecule has 31 heavy (non-hydrogen) atoms. The van der Waals surface area contributed by atoms with Crippen molar-refractivity contribution >= 4 is 27.6 Å². The molecule has 0 unspecified atom stereocenters. The summed E-state index contributed by atoms with van der Waals surface area (Å²) in [5.74, 6) is 0.410. The highest BCUT2D eigenvalue weighted by molar-refractivity contribution is 9.10. The van der Waals surface area contributed by atoms with Crippen LogP contribution < -0.4 is 14.8 Å². The van der Waals surface area contributed by atoms with Crippen LogP contribution in [0.15, 0.2) is 59.1 Å². The lowest BCUT2D eigenvalue weighted by Gasteiger charge is -2.17. The van der Waals surface area contributed by atoms with Gasteiger partial charge in [0.05, 0.1) is 12.2 Å². The van der Waals surface area contributed by atoms with E-state index < -0.39 is 5.97 Å². The summed E-state index contributed by atoms with van der Waals surface area (Å²) in [5, 5.41) is 12.7. The smallest absolute Gasteiger partial charge is 0.336 e. The van der Waals surface area contributed by atoms with Crippen molar-refractivity contribution in [3.05, 3.63) is 86.9 Å². The van der Waals surface area contributed by atoms with Crippen molar-refractivity contribution in [3.8, 4) is 11.5 Å². The van der Waals surface area contributed by atoms with Gasteiger partial charge in [-0.15, -0.1) is 0 Å².